The first-order valence-corrected chi connectivity index (χ1v) is 11.3. The van der Waals surface area contributed by atoms with E-state index in [0.29, 0.717) is 6.61 Å². The van der Waals surface area contributed by atoms with Crippen molar-refractivity contribution in [2.45, 2.75) is 26.6 Å². The zero-order chi connectivity index (χ0) is 19.3. The molecule has 0 saturated heterocycles. The molecule has 0 heterocycles. The molecule has 1 atom stereocenters. The van der Waals surface area contributed by atoms with Crippen LogP contribution in [0.3, 0.4) is 0 Å². The molecule has 141 valence electrons. The minimum atomic E-state index is -1.51. The molecule has 0 aliphatic carbocycles. The van der Waals surface area contributed by atoms with E-state index in [1.807, 2.05) is 6.92 Å². The molecule has 0 aromatic heterocycles. The van der Waals surface area contributed by atoms with Gasteiger partial charge in [0.05, 0.1) is 0 Å². The summed E-state index contributed by atoms with van der Waals surface area (Å²) < 4.78 is 12.6. The lowest BCUT2D eigenvalue weighted by Gasteiger charge is -2.25. The fourth-order valence-corrected chi connectivity index (χ4v) is 6.15. The van der Waals surface area contributed by atoms with E-state index in [2.05, 4.69) is 91.9 Å². The molecule has 3 heteroatoms. The van der Waals surface area contributed by atoms with Gasteiger partial charge in [-0.3, -0.25) is 0 Å². The van der Waals surface area contributed by atoms with Crippen LogP contribution in [0.1, 0.15) is 20.3 Å². The highest BCUT2D eigenvalue weighted by molar-refractivity contribution is 6.83. The Morgan fingerprint density at radius 1 is 0.679 bits per heavy atom. The van der Waals surface area contributed by atoms with Gasteiger partial charge in [-0.25, -0.2) is 0 Å². The maximum absolute atomic E-state index is 6.71. The first-order valence-electron chi connectivity index (χ1n) is 9.93. The lowest BCUT2D eigenvalue weighted by molar-refractivity contribution is -0.0769. The molecule has 0 spiro atoms. The molecule has 0 saturated carbocycles. The van der Waals surface area contributed by atoms with Crippen LogP contribution in [0.5, 0.6) is 0 Å². The third kappa shape index (κ3) is 3.74. The maximum atomic E-state index is 6.71. The Bertz CT molecular complexity index is 986. The fraction of sp³-hybridized carbons (Fsp3) is 0.200. The summed E-state index contributed by atoms with van der Waals surface area (Å²) in [5, 5.41) is 7.57. The smallest absolute Gasteiger partial charge is 0.287 e. The largest absolute Gasteiger partial charge is 0.382 e. The highest BCUT2D eigenvalue weighted by atomic mass is 28.3. The number of hydrogen-bond acceptors (Lipinski definition) is 2. The Kier molecular flexibility index (Phi) is 5.86. The van der Waals surface area contributed by atoms with E-state index in [4.69, 9.17) is 9.16 Å². The van der Waals surface area contributed by atoms with Gasteiger partial charge in [0.25, 0.3) is 9.04 Å². The van der Waals surface area contributed by atoms with Crippen LogP contribution in [0, 0.1) is 0 Å². The summed E-state index contributed by atoms with van der Waals surface area (Å²) in [5.74, 6) is 0. The van der Waals surface area contributed by atoms with E-state index < -0.39 is 9.04 Å². The first-order chi connectivity index (χ1) is 13.8. The van der Waals surface area contributed by atoms with Crippen molar-refractivity contribution in [2.24, 2.45) is 0 Å². The molecule has 0 aliphatic heterocycles. The number of benzene rings is 4. The SMILES string of the molecule is CCOC(CC)O[Si](c1cccc2ccccc12)c1cccc2ccccc12. The van der Waals surface area contributed by atoms with Crippen LogP contribution in [0.25, 0.3) is 21.5 Å². The zero-order valence-corrected chi connectivity index (χ0v) is 17.4. The van der Waals surface area contributed by atoms with Crippen molar-refractivity contribution in [1.29, 1.82) is 0 Å². The Hall–Kier alpha value is -2.46. The molecular weight excluding hydrogens is 360 g/mol. The molecule has 0 N–H and O–H groups in total. The normalized spacial score (nSPS) is 12.7. The molecule has 4 rings (SSSR count). The van der Waals surface area contributed by atoms with Crippen molar-refractivity contribution in [3.05, 3.63) is 84.9 Å². The van der Waals surface area contributed by atoms with Crippen LogP contribution in [-0.4, -0.2) is 21.9 Å². The van der Waals surface area contributed by atoms with Crippen LogP contribution in [0.15, 0.2) is 84.9 Å². The average Bonchev–Trinajstić information content (AvgIpc) is 2.76. The van der Waals surface area contributed by atoms with Gasteiger partial charge < -0.3 is 9.16 Å². The average molecular weight is 386 g/mol. The molecule has 4 aromatic rings. The van der Waals surface area contributed by atoms with Crippen LogP contribution in [0.4, 0.5) is 0 Å². The van der Waals surface area contributed by atoms with Gasteiger partial charge in [-0.1, -0.05) is 91.9 Å². The lowest BCUT2D eigenvalue weighted by Crippen LogP contribution is -2.48. The van der Waals surface area contributed by atoms with Gasteiger partial charge in [0.15, 0.2) is 0 Å². The highest BCUT2D eigenvalue weighted by Gasteiger charge is 2.26. The highest BCUT2D eigenvalue weighted by Crippen LogP contribution is 2.17. The van der Waals surface area contributed by atoms with Gasteiger partial charge in [-0.15, -0.1) is 0 Å². The predicted octanol–water partition coefficient (Wildman–Crippen LogP) is 4.89. The summed E-state index contributed by atoms with van der Waals surface area (Å²) in [4.78, 5) is 0. The molecule has 0 bridgehead atoms. The van der Waals surface area contributed by atoms with Crippen LogP contribution in [-0.2, 0) is 9.16 Å². The number of hydrogen-bond donors (Lipinski definition) is 0. The quantitative estimate of drug-likeness (QED) is 0.333. The summed E-state index contributed by atoms with van der Waals surface area (Å²) in [5.41, 5.74) is 0. The number of ether oxygens (including phenoxy) is 1. The van der Waals surface area contributed by atoms with Crippen LogP contribution < -0.4 is 10.4 Å². The predicted molar refractivity (Wildman–Crippen MR) is 120 cm³/mol. The Morgan fingerprint density at radius 3 is 1.68 bits per heavy atom. The Labute approximate surface area is 168 Å². The molecule has 1 radical (unpaired) electrons. The van der Waals surface area contributed by atoms with E-state index in [9.17, 15) is 0 Å². The van der Waals surface area contributed by atoms with Gasteiger partial charge in [-0.2, -0.15) is 0 Å². The van der Waals surface area contributed by atoms with Crippen molar-refractivity contribution in [2.75, 3.05) is 6.61 Å². The molecule has 0 fully saturated rings. The molecular formula is C25H25O2Si. The fourth-order valence-electron chi connectivity index (χ4n) is 3.67. The maximum Gasteiger partial charge on any atom is 0.287 e. The van der Waals surface area contributed by atoms with E-state index in [-0.39, 0.29) is 6.29 Å². The van der Waals surface area contributed by atoms with E-state index >= 15 is 0 Å². The molecule has 4 aromatic carbocycles. The Morgan fingerprint density at radius 2 is 1.18 bits per heavy atom. The summed E-state index contributed by atoms with van der Waals surface area (Å²) >= 11 is 0. The van der Waals surface area contributed by atoms with Crippen LogP contribution in [0.2, 0.25) is 0 Å². The van der Waals surface area contributed by atoms with Crippen LogP contribution >= 0.6 is 0 Å². The summed E-state index contributed by atoms with van der Waals surface area (Å²) in [6.45, 7) is 4.79. The second kappa shape index (κ2) is 8.70. The molecule has 28 heavy (non-hydrogen) atoms. The van der Waals surface area contributed by atoms with E-state index in [1.165, 1.54) is 31.9 Å². The number of fused-ring (bicyclic) bond motifs is 2. The topological polar surface area (TPSA) is 18.5 Å². The second-order valence-electron chi connectivity index (χ2n) is 6.79. The number of rotatable bonds is 7. The lowest BCUT2D eigenvalue weighted by atomic mass is 10.1. The van der Waals surface area contributed by atoms with Gasteiger partial charge >= 0.3 is 0 Å². The monoisotopic (exact) mass is 385 g/mol. The zero-order valence-electron chi connectivity index (χ0n) is 16.4. The van der Waals surface area contributed by atoms with E-state index in [0.717, 1.165) is 6.42 Å². The van der Waals surface area contributed by atoms with E-state index in [1.54, 1.807) is 0 Å². The molecule has 2 nitrogen and oxygen atoms in total. The molecule has 1 unspecified atom stereocenters. The van der Waals surface area contributed by atoms with Gasteiger partial charge in [0, 0.05) is 6.61 Å². The van der Waals surface area contributed by atoms with Crippen molar-refractivity contribution >= 4 is 41.0 Å². The van der Waals surface area contributed by atoms with Crippen molar-refractivity contribution in [3.8, 4) is 0 Å². The van der Waals surface area contributed by atoms with Crippen molar-refractivity contribution < 1.29 is 9.16 Å². The standard InChI is InChI=1S/C25H25O2Si/c1-3-25(26-4-2)27-28(23-17-9-13-19-11-5-7-15-21(19)23)24-18-10-14-20-12-6-8-16-22(20)24/h5-18,25H,3-4H2,1-2H3. The van der Waals surface area contributed by atoms with Gasteiger partial charge in [0.2, 0.25) is 0 Å². The minimum Gasteiger partial charge on any atom is -0.382 e. The summed E-state index contributed by atoms with van der Waals surface area (Å²) in [6, 6.07) is 30.2. The molecule has 0 amide bonds. The third-order valence-electron chi connectivity index (χ3n) is 5.00. The minimum absolute atomic E-state index is 0.197. The Balaban J connectivity index is 1.91. The summed E-state index contributed by atoms with van der Waals surface area (Å²) in [6.07, 6.45) is 0.634. The second-order valence-corrected chi connectivity index (χ2v) is 8.76. The molecule has 0 aliphatic rings. The first kappa shape index (κ1) is 18.9. The van der Waals surface area contributed by atoms with Crippen molar-refractivity contribution in [1.82, 2.24) is 0 Å². The third-order valence-corrected chi connectivity index (χ3v) is 7.35. The summed E-state index contributed by atoms with van der Waals surface area (Å²) in [7, 11) is -1.51. The van der Waals surface area contributed by atoms with Gasteiger partial charge in [-0.05, 0) is 45.3 Å². The van der Waals surface area contributed by atoms with Crippen molar-refractivity contribution in [3.63, 3.8) is 0 Å². The van der Waals surface area contributed by atoms with Gasteiger partial charge in [0.1, 0.15) is 6.29 Å².